The Bertz CT molecular complexity index is 953. The van der Waals surface area contributed by atoms with E-state index in [1.165, 1.54) is 31.0 Å². The average Bonchev–Trinajstić information content (AvgIpc) is 3.01. The highest BCUT2D eigenvalue weighted by Crippen LogP contribution is 2.37. The predicted molar refractivity (Wildman–Crippen MR) is 124 cm³/mol. The largest absolute Gasteiger partial charge is 0.489 e. The van der Waals surface area contributed by atoms with Crippen molar-refractivity contribution in [3.63, 3.8) is 0 Å². The molecule has 1 aliphatic heterocycles. The molecule has 1 saturated carbocycles. The van der Waals surface area contributed by atoms with Crippen molar-refractivity contribution in [1.82, 2.24) is 4.90 Å². The Morgan fingerprint density at radius 3 is 2.72 bits per heavy atom. The van der Waals surface area contributed by atoms with Crippen molar-refractivity contribution in [3.8, 4) is 5.75 Å². The lowest BCUT2D eigenvalue weighted by Crippen LogP contribution is -2.39. The zero-order valence-corrected chi connectivity index (χ0v) is 18.4. The lowest BCUT2D eigenvalue weighted by molar-refractivity contribution is -0.124. The molecule has 2 aromatic rings. The van der Waals surface area contributed by atoms with Crippen LogP contribution in [0.15, 0.2) is 53.4 Å². The van der Waals surface area contributed by atoms with E-state index in [4.69, 9.17) is 28.6 Å². The summed E-state index contributed by atoms with van der Waals surface area (Å²) in [6.07, 6.45) is 7.60. The summed E-state index contributed by atoms with van der Waals surface area (Å²) in [6.45, 7) is 0.396. The first-order valence-electron chi connectivity index (χ1n) is 9.85. The van der Waals surface area contributed by atoms with Crippen LogP contribution in [0, 0.1) is 0 Å². The minimum atomic E-state index is 0.0364. The number of benzene rings is 2. The van der Waals surface area contributed by atoms with E-state index in [0.717, 1.165) is 29.7 Å². The van der Waals surface area contributed by atoms with Crippen LogP contribution in [0.2, 0.25) is 5.02 Å². The van der Waals surface area contributed by atoms with E-state index in [1.807, 2.05) is 59.5 Å². The van der Waals surface area contributed by atoms with Gasteiger partial charge in [0, 0.05) is 16.6 Å². The number of nitrogens with zero attached hydrogens (tertiary/aromatic N) is 1. The Kier molecular flexibility index (Phi) is 6.58. The lowest BCUT2D eigenvalue weighted by Gasteiger charge is -2.29. The van der Waals surface area contributed by atoms with Crippen molar-refractivity contribution in [2.24, 2.45) is 0 Å². The molecule has 6 heteroatoms. The van der Waals surface area contributed by atoms with Gasteiger partial charge in [-0.3, -0.25) is 9.69 Å². The van der Waals surface area contributed by atoms with E-state index in [-0.39, 0.29) is 11.9 Å². The predicted octanol–water partition coefficient (Wildman–Crippen LogP) is 6.45. The second-order valence-corrected chi connectivity index (χ2v) is 9.38. The van der Waals surface area contributed by atoms with Crippen LogP contribution in [-0.2, 0) is 11.4 Å². The van der Waals surface area contributed by atoms with Crippen molar-refractivity contribution in [2.75, 3.05) is 0 Å². The Morgan fingerprint density at radius 1 is 1.14 bits per heavy atom. The second kappa shape index (κ2) is 9.33. The standard InChI is InChI=1S/C23H22ClNO2S2/c24-20-12-5-4-8-17(20)15-27-19-11-6-7-16(13-19)14-21-22(26)25(23(28)29-21)18-9-2-1-3-10-18/h4-8,11-14,18H,1-3,9-10,15H2. The molecule has 3 nitrogen and oxygen atoms in total. The molecule has 0 spiro atoms. The van der Waals surface area contributed by atoms with E-state index in [1.54, 1.807) is 0 Å². The summed E-state index contributed by atoms with van der Waals surface area (Å²) < 4.78 is 6.58. The maximum absolute atomic E-state index is 13.0. The SMILES string of the molecule is O=C1C(=Cc2cccc(OCc3ccccc3Cl)c2)SC(=S)N1C1CCCCC1. The van der Waals surface area contributed by atoms with E-state index in [0.29, 0.717) is 20.9 Å². The first-order chi connectivity index (χ1) is 14.1. The van der Waals surface area contributed by atoms with Crippen LogP contribution in [0.1, 0.15) is 43.2 Å². The molecule has 1 heterocycles. The van der Waals surface area contributed by atoms with Crippen molar-refractivity contribution >= 4 is 51.9 Å². The number of hydrogen-bond donors (Lipinski definition) is 0. The minimum absolute atomic E-state index is 0.0364. The van der Waals surface area contributed by atoms with Crippen LogP contribution in [0.5, 0.6) is 5.75 Å². The number of rotatable bonds is 5. The summed E-state index contributed by atoms with van der Waals surface area (Å²) in [5.74, 6) is 0.774. The van der Waals surface area contributed by atoms with Gasteiger partial charge in [-0.25, -0.2) is 0 Å². The molecule has 0 N–H and O–H groups in total. The minimum Gasteiger partial charge on any atom is -0.489 e. The van der Waals surface area contributed by atoms with Gasteiger partial charge >= 0.3 is 0 Å². The highest BCUT2D eigenvalue weighted by Gasteiger charge is 2.37. The molecule has 150 valence electrons. The average molecular weight is 444 g/mol. The van der Waals surface area contributed by atoms with Crippen molar-refractivity contribution in [2.45, 2.75) is 44.8 Å². The maximum atomic E-state index is 13.0. The van der Waals surface area contributed by atoms with Gasteiger partial charge in [0.1, 0.15) is 16.7 Å². The first-order valence-corrected chi connectivity index (χ1v) is 11.5. The number of carbonyl (C=O) groups excluding carboxylic acids is 1. The summed E-state index contributed by atoms with van der Waals surface area (Å²) in [4.78, 5) is 15.5. The summed E-state index contributed by atoms with van der Waals surface area (Å²) >= 11 is 13.1. The van der Waals surface area contributed by atoms with Crippen LogP contribution in [-0.4, -0.2) is 21.2 Å². The summed E-state index contributed by atoms with van der Waals surface area (Å²) in [7, 11) is 0. The Labute approximate surface area is 186 Å². The van der Waals surface area contributed by atoms with Gasteiger partial charge in [-0.05, 0) is 42.7 Å². The van der Waals surface area contributed by atoms with E-state index < -0.39 is 0 Å². The summed E-state index contributed by atoms with van der Waals surface area (Å²) in [6, 6.07) is 15.6. The van der Waals surface area contributed by atoms with Gasteiger partial charge in [0.25, 0.3) is 5.91 Å². The lowest BCUT2D eigenvalue weighted by atomic mass is 9.94. The Balaban J connectivity index is 1.47. The van der Waals surface area contributed by atoms with Crippen molar-refractivity contribution in [1.29, 1.82) is 0 Å². The van der Waals surface area contributed by atoms with Crippen LogP contribution in [0.3, 0.4) is 0 Å². The smallest absolute Gasteiger partial charge is 0.266 e. The van der Waals surface area contributed by atoms with Crippen LogP contribution >= 0.6 is 35.6 Å². The third-order valence-electron chi connectivity index (χ3n) is 5.27. The van der Waals surface area contributed by atoms with Crippen LogP contribution in [0.4, 0.5) is 0 Å². The number of ether oxygens (including phenoxy) is 1. The van der Waals surface area contributed by atoms with E-state index in [9.17, 15) is 4.79 Å². The number of thiocarbonyl (C=S) groups is 1. The molecule has 4 rings (SSSR count). The molecular weight excluding hydrogens is 422 g/mol. The Morgan fingerprint density at radius 2 is 1.93 bits per heavy atom. The number of halogens is 1. The van der Waals surface area contributed by atoms with Crippen molar-refractivity contribution < 1.29 is 9.53 Å². The maximum Gasteiger partial charge on any atom is 0.266 e. The normalized spacial score (nSPS) is 19.2. The highest BCUT2D eigenvalue weighted by atomic mass is 35.5. The molecule has 1 aliphatic carbocycles. The van der Waals surface area contributed by atoms with Gasteiger partial charge in [-0.1, -0.05) is 85.2 Å². The molecule has 0 bridgehead atoms. The topological polar surface area (TPSA) is 29.5 Å². The third-order valence-corrected chi connectivity index (χ3v) is 6.97. The molecule has 0 atom stereocenters. The van der Waals surface area contributed by atoms with E-state index >= 15 is 0 Å². The molecular formula is C23H22ClNO2S2. The zero-order valence-electron chi connectivity index (χ0n) is 16.0. The number of amides is 1. The van der Waals surface area contributed by atoms with Gasteiger partial charge in [-0.15, -0.1) is 0 Å². The fraction of sp³-hybridized carbons (Fsp3) is 0.304. The third kappa shape index (κ3) is 4.85. The monoisotopic (exact) mass is 443 g/mol. The summed E-state index contributed by atoms with van der Waals surface area (Å²) in [5.41, 5.74) is 1.86. The van der Waals surface area contributed by atoms with Crippen LogP contribution in [0.25, 0.3) is 6.08 Å². The number of carbonyl (C=O) groups is 1. The number of thioether (sulfide) groups is 1. The fourth-order valence-corrected chi connectivity index (χ4v) is 5.35. The quantitative estimate of drug-likeness (QED) is 0.392. The van der Waals surface area contributed by atoms with Gasteiger partial charge in [0.05, 0.1) is 4.91 Å². The van der Waals surface area contributed by atoms with Crippen LogP contribution < -0.4 is 4.74 Å². The number of hydrogen-bond acceptors (Lipinski definition) is 4. The van der Waals surface area contributed by atoms with Gasteiger partial charge in [0.15, 0.2) is 0 Å². The summed E-state index contributed by atoms with van der Waals surface area (Å²) in [5, 5.41) is 0.690. The molecule has 0 radical (unpaired) electrons. The molecule has 1 saturated heterocycles. The molecule has 2 aromatic carbocycles. The van der Waals surface area contributed by atoms with Crippen molar-refractivity contribution in [3.05, 3.63) is 69.6 Å². The Hall–Kier alpha value is -1.82. The van der Waals surface area contributed by atoms with Gasteiger partial charge < -0.3 is 4.74 Å². The van der Waals surface area contributed by atoms with E-state index in [2.05, 4.69) is 0 Å². The second-order valence-electron chi connectivity index (χ2n) is 7.30. The van der Waals surface area contributed by atoms with Gasteiger partial charge in [0.2, 0.25) is 0 Å². The molecule has 2 fully saturated rings. The molecule has 2 aliphatic rings. The molecule has 29 heavy (non-hydrogen) atoms. The molecule has 1 amide bonds. The first kappa shape index (κ1) is 20.5. The molecule has 0 unspecified atom stereocenters. The van der Waals surface area contributed by atoms with Gasteiger partial charge in [-0.2, -0.15) is 0 Å². The highest BCUT2D eigenvalue weighted by molar-refractivity contribution is 8.26. The molecule has 0 aromatic heterocycles. The fourth-order valence-electron chi connectivity index (χ4n) is 3.76. The zero-order chi connectivity index (χ0) is 20.2.